The van der Waals surface area contributed by atoms with Gasteiger partial charge in [-0.05, 0) is 44.6 Å². The van der Waals surface area contributed by atoms with E-state index in [2.05, 4.69) is 77.8 Å². The maximum atomic E-state index is 4.68. The van der Waals surface area contributed by atoms with Gasteiger partial charge in [0.2, 0.25) is 0 Å². The summed E-state index contributed by atoms with van der Waals surface area (Å²) in [6.07, 6.45) is 2.86. The highest BCUT2D eigenvalue weighted by atomic mass is 127. The van der Waals surface area contributed by atoms with Crippen LogP contribution >= 0.6 is 24.0 Å². The molecule has 0 spiro atoms. The van der Waals surface area contributed by atoms with Crippen LogP contribution < -0.4 is 10.6 Å². The second-order valence-electron chi connectivity index (χ2n) is 6.60. The monoisotopic (exact) mass is 484 g/mol. The third-order valence-electron chi connectivity index (χ3n) is 4.52. The van der Waals surface area contributed by atoms with Crippen molar-refractivity contribution in [2.45, 2.75) is 32.9 Å². The summed E-state index contributed by atoms with van der Waals surface area (Å²) in [5.74, 6) is 0.825. The van der Waals surface area contributed by atoms with E-state index in [4.69, 9.17) is 0 Å². The maximum Gasteiger partial charge on any atom is 0.191 e. The van der Waals surface area contributed by atoms with Crippen molar-refractivity contribution in [1.29, 1.82) is 0 Å². The fourth-order valence-corrected chi connectivity index (χ4v) is 2.83. The van der Waals surface area contributed by atoms with Crippen molar-refractivity contribution in [3.8, 4) is 0 Å². The summed E-state index contributed by atoms with van der Waals surface area (Å²) in [4.78, 5) is 6.92. The van der Waals surface area contributed by atoms with Crippen LogP contribution in [0.3, 0.4) is 0 Å². The van der Waals surface area contributed by atoms with E-state index >= 15 is 0 Å². The second kappa shape index (κ2) is 12.0. The zero-order chi connectivity index (χ0) is 18.9. The third-order valence-corrected chi connectivity index (χ3v) is 4.52. The summed E-state index contributed by atoms with van der Waals surface area (Å²) in [5.41, 5.74) is 3.76. The normalized spacial score (nSPS) is 12.6. The van der Waals surface area contributed by atoms with E-state index in [-0.39, 0.29) is 30.0 Å². The highest BCUT2D eigenvalue weighted by molar-refractivity contribution is 14.0. The molecule has 0 aliphatic rings. The summed E-state index contributed by atoms with van der Waals surface area (Å²) in [5, 5.41) is 11.0. The van der Waals surface area contributed by atoms with Gasteiger partial charge in [-0.2, -0.15) is 5.10 Å². The van der Waals surface area contributed by atoms with Gasteiger partial charge in [-0.1, -0.05) is 31.2 Å². The first kappa shape index (κ1) is 23.4. The molecule has 0 saturated heterocycles. The van der Waals surface area contributed by atoms with Gasteiger partial charge in [0.05, 0.1) is 18.3 Å². The molecule has 7 heteroatoms. The highest BCUT2D eigenvalue weighted by Gasteiger charge is 2.14. The zero-order valence-electron chi connectivity index (χ0n) is 17.1. The Bertz CT molecular complexity index is 693. The molecule has 0 aliphatic heterocycles. The molecule has 0 saturated carbocycles. The fourth-order valence-electron chi connectivity index (χ4n) is 2.83. The molecular weight excluding hydrogens is 451 g/mol. The van der Waals surface area contributed by atoms with Gasteiger partial charge in [0, 0.05) is 26.3 Å². The Morgan fingerprint density at radius 2 is 1.85 bits per heavy atom. The standard InChI is InChI=1S/C20H32N6.HI/c1-6-16-8-10-17(11-9-16)19(25(3)4)15-23-20(21-7-2)22-14-18-12-13-24-26(18)5;/h8-13,19H,6-7,14-15H2,1-5H3,(H2,21,22,23);1H. The van der Waals surface area contributed by atoms with Crippen LogP contribution in [0.4, 0.5) is 0 Å². The Balaban J connectivity index is 0.00000364. The largest absolute Gasteiger partial charge is 0.357 e. The summed E-state index contributed by atoms with van der Waals surface area (Å²) in [6, 6.07) is 11.2. The van der Waals surface area contributed by atoms with Crippen molar-refractivity contribution in [2.24, 2.45) is 12.0 Å². The fraction of sp³-hybridized carbons (Fsp3) is 0.500. The first-order valence-electron chi connectivity index (χ1n) is 9.29. The number of likely N-dealkylation sites (N-methyl/N-ethyl adjacent to an activating group) is 1. The molecule has 6 nitrogen and oxygen atoms in total. The lowest BCUT2D eigenvalue weighted by Crippen LogP contribution is -2.41. The van der Waals surface area contributed by atoms with Crippen LogP contribution in [-0.2, 0) is 20.0 Å². The van der Waals surface area contributed by atoms with Crippen LogP contribution in [0.5, 0.6) is 0 Å². The number of rotatable bonds is 8. The zero-order valence-corrected chi connectivity index (χ0v) is 19.4. The Hall–Kier alpha value is -1.61. The topological polar surface area (TPSA) is 57.5 Å². The van der Waals surface area contributed by atoms with E-state index in [0.29, 0.717) is 6.54 Å². The predicted molar refractivity (Wildman–Crippen MR) is 124 cm³/mol. The molecule has 0 amide bonds. The molecule has 0 bridgehead atoms. The van der Waals surface area contributed by atoms with Crippen molar-refractivity contribution >= 4 is 29.9 Å². The molecule has 0 fully saturated rings. The first-order chi connectivity index (χ1) is 12.5. The minimum absolute atomic E-state index is 0. The van der Waals surface area contributed by atoms with E-state index in [9.17, 15) is 0 Å². The molecule has 0 radical (unpaired) electrons. The average molecular weight is 484 g/mol. The minimum atomic E-state index is 0. The molecule has 2 rings (SSSR count). The molecule has 0 aliphatic carbocycles. The summed E-state index contributed by atoms with van der Waals surface area (Å²) >= 11 is 0. The van der Waals surface area contributed by atoms with Crippen LogP contribution in [0.15, 0.2) is 41.5 Å². The number of hydrogen-bond acceptors (Lipinski definition) is 3. The van der Waals surface area contributed by atoms with E-state index < -0.39 is 0 Å². The van der Waals surface area contributed by atoms with Crippen molar-refractivity contribution in [1.82, 2.24) is 25.3 Å². The van der Waals surface area contributed by atoms with Crippen LogP contribution in [0, 0.1) is 0 Å². The molecule has 2 aromatic rings. The molecule has 1 aromatic carbocycles. The highest BCUT2D eigenvalue weighted by Crippen LogP contribution is 2.18. The van der Waals surface area contributed by atoms with Crippen LogP contribution in [0.1, 0.15) is 36.7 Å². The first-order valence-corrected chi connectivity index (χ1v) is 9.29. The second-order valence-corrected chi connectivity index (χ2v) is 6.60. The quantitative estimate of drug-likeness (QED) is 0.344. The molecule has 1 unspecified atom stereocenters. The van der Waals surface area contributed by atoms with Gasteiger partial charge < -0.3 is 15.5 Å². The predicted octanol–water partition coefficient (Wildman–Crippen LogP) is 2.96. The Morgan fingerprint density at radius 1 is 1.15 bits per heavy atom. The number of halogens is 1. The van der Waals surface area contributed by atoms with E-state index in [1.807, 2.05) is 17.8 Å². The van der Waals surface area contributed by atoms with Crippen molar-refractivity contribution in [3.63, 3.8) is 0 Å². The Labute approximate surface area is 180 Å². The molecular formula is C20H33IN6. The number of aromatic nitrogens is 2. The summed E-state index contributed by atoms with van der Waals surface area (Å²) < 4.78 is 1.85. The minimum Gasteiger partial charge on any atom is -0.357 e. The van der Waals surface area contributed by atoms with Crippen molar-refractivity contribution in [2.75, 3.05) is 27.2 Å². The third kappa shape index (κ3) is 7.14. The van der Waals surface area contributed by atoms with Gasteiger partial charge in [0.15, 0.2) is 5.96 Å². The lowest BCUT2D eigenvalue weighted by atomic mass is 10.0. The number of aryl methyl sites for hydroxylation is 2. The average Bonchev–Trinajstić information content (AvgIpc) is 3.05. The molecule has 150 valence electrons. The number of nitrogens with one attached hydrogen (secondary N) is 2. The maximum absolute atomic E-state index is 4.68. The molecule has 1 heterocycles. The summed E-state index contributed by atoms with van der Waals surface area (Å²) in [6.45, 7) is 6.48. The number of aliphatic imine (C=N–C) groups is 1. The van der Waals surface area contributed by atoms with Gasteiger partial charge in [0.25, 0.3) is 0 Å². The number of hydrogen-bond donors (Lipinski definition) is 2. The van der Waals surface area contributed by atoms with Crippen LogP contribution in [0.25, 0.3) is 0 Å². The van der Waals surface area contributed by atoms with Crippen molar-refractivity contribution < 1.29 is 0 Å². The van der Waals surface area contributed by atoms with Gasteiger partial charge in [0.1, 0.15) is 0 Å². The van der Waals surface area contributed by atoms with Crippen LogP contribution in [0.2, 0.25) is 0 Å². The number of guanidine groups is 1. The van der Waals surface area contributed by atoms with E-state index in [0.717, 1.165) is 31.2 Å². The summed E-state index contributed by atoms with van der Waals surface area (Å²) in [7, 11) is 6.16. The van der Waals surface area contributed by atoms with Crippen LogP contribution in [-0.4, -0.2) is 47.8 Å². The molecule has 27 heavy (non-hydrogen) atoms. The van der Waals surface area contributed by atoms with E-state index in [1.165, 1.54) is 11.1 Å². The van der Waals surface area contributed by atoms with Gasteiger partial charge >= 0.3 is 0 Å². The van der Waals surface area contributed by atoms with Gasteiger partial charge in [-0.3, -0.25) is 4.68 Å². The lowest BCUT2D eigenvalue weighted by molar-refractivity contribution is 0.298. The lowest BCUT2D eigenvalue weighted by Gasteiger charge is -2.26. The molecule has 2 N–H and O–H groups in total. The Kier molecular flexibility index (Phi) is 10.4. The smallest absolute Gasteiger partial charge is 0.191 e. The Morgan fingerprint density at radius 3 is 2.37 bits per heavy atom. The molecule has 1 aromatic heterocycles. The van der Waals surface area contributed by atoms with Crippen molar-refractivity contribution in [3.05, 3.63) is 53.3 Å². The van der Waals surface area contributed by atoms with Gasteiger partial charge in [-0.15, -0.1) is 24.0 Å². The number of nitrogens with zero attached hydrogens (tertiary/aromatic N) is 4. The SMILES string of the molecule is CCNC(=NCc1ccnn1C)NCC(c1ccc(CC)cc1)N(C)C.I. The van der Waals surface area contributed by atoms with E-state index in [1.54, 1.807) is 6.20 Å². The molecule has 1 atom stereocenters. The number of benzene rings is 1. The van der Waals surface area contributed by atoms with Gasteiger partial charge in [-0.25, -0.2) is 4.99 Å².